The van der Waals surface area contributed by atoms with Crippen molar-refractivity contribution in [1.82, 2.24) is 15.1 Å². The molecular formula is C21H20FN3O3. The molecule has 6 nitrogen and oxygen atoms in total. The third kappa shape index (κ3) is 3.03. The number of ether oxygens (including phenoxy) is 2. The maximum atomic E-state index is 13.9. The molecule has 1 unspecified atom stereocenters. The van der Waals surface area contributed by atoms with E-state index in [1.54, 1.807) is 25.2 Å². The SMILES string of the molecule is COCCN1C(=O)c2[nH]nc(-c3ccc(OC)cc3)c2C1c1cccc(F)c1. The molecule has 7 heteroatoms. The van der Waals surface area contributed by atoms with E-state index in [0.29, 0.717) is 30.1 Å². The van der Waals surface area contributed by atoms with Crippen LogP contribution in [-0.2, 0) is 4.74 Å². The number of H-pyrrole nitrogens is 1. The summed E-state index contributed by atoms with van der Waals surface area (Å²) in [5.74, 6) is 0.212. The number of halogens is 1. The fourth-order valence-corrected chi connectivity index (χ4v) is 3.61. The van der Waals surface area contributed by atoms with Gasteiger partial charge in [-0.1, -0.05) is 12.1 Å². The molecule has 2 aromatic carbocycles. The molecule has 4 rings (SSSR count). The van der Waals surface area contributed by atoms with Crippen LogP contribution in [0.5, 0.6) is 5.75 Å². The third-order valence-corrected chi connectivity index (χ3v) is 4.93. The average Bonchev–Trinajstić information content (AvgIpc) is 3.25. The zero-order chi connectivity index (χ0) is 19.7. The van der Waals surface area contributed by atoms with Crippen molar-refractivity contribution in [3.8, 4) is 17.0 Å². The van der Waals surface area contributed by atoms with Crippen molar-refractivity contribution in [1.29, 1.82) is 0 Å². The van der Waals surface area contributed by atoms with Gasteiger partial charge in [-0.05, 0) is 42.0 Å². The van der Waals surface area contributed by atoms with Crippen molar-refractivity contribution in [3.63, 3.8) is 0 Å². The highest BCUT2D eigenvalue weighted by molar-refractivity contribution is 6.00. The van der Waals surface area contributed by atoms with Crippen LogP contribution in [0, 0.1) is 5.82 Å². The summed E-state index contributed by atoms with van der Waals surface area (Å²) in [5, 5.41) is 7.27. The van der Waals surface area contributed by atoms with Gasteiger partial charge >= 0.3 is 0 Å². The van der Waals surface area contributed by atoms with Gasteiger partial charge in [-0.2, -0.15) is 5.10 Å². The maximum absolute atomic E-state index is 13.9. The number of carbonyl (C=O) groups excluding carboxylic acids is 1. The Labute approximate surface area is 161 Å². The lowest BCUT2D eigenvalue weighted by Gasteiger charge is -2.26. The summed E-state index contributed by atoms with van der Waals surface area (Å²) in [6.45, 7) is 0.772. The normalized spacial score (nSPS) is 15.8. The van der Waals surface area contributed by atoms with Gasteiger partial charge in [-0.15, -0.1) is 0 Å². The molecule has 0 saturated carbocycles. The summed E-state index contributed by atoms with van der Waals surface area (Å²) < 4.78 is 24.3. The van der Waals surface area contributed by atoms with E-state index in [9.17, 15) is 9.18 Å². The smallest absolute Gasteiger partial charge is 0.273 e. The predicted molar refractivity (Wildman–Crippen MR) is 102 cm³/mol. The molecule has 0 aliphatic carbocycles. The molecule has 0 saturated heterocycles. The number of rotatable bonds is 6. The van der Waals surface area contributed by atoms with E-state index in [4.69, 9.17) is 9.47 Å². The number of fused-ring (bicyclic) bond motifs is 1. The quantitative estimate of drug-likeness (QED) is 0.711. The summed E-state index contributed by atoms with van der Waals surface area (Å²) in [5.41, 5.74) is 3.38. The van der Waals surface area contributed by atoms with Crippen LogP contribution in [0.4, 0.5) is 4.39 Å². The number of carbonyl (C=O) groups is 1. The second-order valence-electron chi connectivity index (χ2n) is 6.54. The summed E-state index contributed by atoms with van der Waals surface area (Å²) in [4.78, 5) is 14.7. The molecule has 0 fully saturated rings. The van der Waals surface area contributed by atoms with Crippen LogP contribution in [0.25, 0.3) is 11.3 Å². The summed E-state index contributed by atoms with van der Waals surface area (Å²) in [7, 11) is 3.19. The fourth-order valence-electron chi connectivity index (χ4n) is 3.61. The van der Waals surface area contributed by atoms with Gasteiger partial charge in [0.15, 0.2) is 0 Å². The van der Waals surface area contributed by atoms with Crippen LogP contribution in [0.2, 0.25) is 0 Å². The highest BCUT2D eigenvalue weighted by atomic mass is 19.1. The zero-order valence-electron chi connectivity index (χ0n) is 15.6. The monoisotopic (exact) mass is 381 g/mol. The van der Waals surface area contributed by atoms with E-state index in [0.717, 1.165) is 16.9 Å². The summed E-state index contributed by atoms with van der Waals surface area (Å²) >= 11 is 0. The molecule has 1 aromatic heterocycles. The minimum atomic E-state index is -0.441. The van der Waals surface area contributed by atoms with Crippen molar-refractivity contribution in [2.75, 3.05) is 27.4 Å². The number of hydrogen-bond donors (Lipinski definition) is 1. The number of nitrogens with one attached hydrogen (secondary N) is 1. The summed E-state index contributed by atoms with van der Waals surface area (Å²) in [6.07, 6.45) is 0. The molecule has 28 heavy (non-hydrogen) atoms. The van der Waals surface area contributed by atoms with Crippen LogP contribution in [0.3, 0.4) is 0 Å². The van der Waals surface area contributed by atoms with Crippen molar-refractivity contribution >= 4 is 5.91 Å². The summed E-state index contributed by atoms with van der Waals surface area (Å²) in [6, 6.07) is 13.3. The van der Waals surface area contributed by atoms with E-state index < -0.39 is 6.04 Å². The largest absolute Gasteiger partial charge is 0.497 e. The van der Waals surface area contributed by atoms with Crippen LogP contribution < -0.4 is 4.74 Å². The molecule has 2 heterocycles. The molecule has 0 bridgehead atoms. The highest BCUT2D eigenvalue weighted by Crippen LogP contribution is 2.42. The molecule has 0 radical (unpaired) electrons. The second-order valence-corrected chi connectivity index (χ2v) is 6.54. The third-order valence-electron chi connectivity index (χ3n) is 4.93. The van der Waals surface area contributed by atoms with E-state index >= 15 is 0 Å². The highest BCUT2D eigenvalue weighted by Gasteiger charge is 2.42. The maximum Gasteiger partial charge on any atom is 0.273 e. The lowest BCUT2D eigenvalue weighted by Crippen LogP contribution is -2.32. The van der Waals surface area contributed by atoms with Gasteiger partial charge in [0.2, 0.25) is 0 Å². The molecule has 1 aliphatic rings. The van der Waals surface area contributed by atoms with E-state index in [1.165, 1.54) is 12.1 Å². The standard InChI is InChI=1S/C21H20FN3O3/c1-27-11-10-25-20(14-4-3-5-15(22)12-14)17-18(23-24-19(17)21(25)26)13-6-8-16(28-2)9-7-13/h3-9,12,20H,10-11H2,1-2H3,(H,23,24). The average molecular weight is 381 g/mol. The number of amides is 1. The molecule has 1 atom stereocenters. The van der Waals surface area contributed by atoms with Gasteiger partial charge in [0.25, 0.3) is 5.91 Å². The number of methoxy groups -OCH3 is 2. The Hall–Kier alpha value is -3.19. The predicted octanol–water partition coefficient (Wildman–Crippen LogP) is 3.42. The van der Waals surface area contributed by atoms with Crippen LogP contribution in [0.1, 0.15) is 27.7 Å². The number of aromatic nitrogens is 2. The van der Waals surface area contributed by atoms with Crippen molar-refractivity contribution < 1.29 is 18.7 Å². The minimum absolute atomic E-state index is 0.173. The first-order valence-corrected chi connectivity index (χ1v) is 8.92. The van der Waals surface area contributed by atoms with Gasteiger partial charge in [-0.3, -0.25) is 9.89 Å². The van der Waals surface area contributed by atoms with Crippen LogP contribution >= 0.6 is 0 Å². The Balaban J connectivity index is 1.84. The zero-order valence-corrected chi connectivity index (χ0v) is 15.6. The molecule has 1 N–H and O–H groups in total. The minimum Gasteiger partial charge on any atom is -0.497 e. The lowest BCUT2D eigenvalue weighted by atomic mass is 9.96. The Bertz CT molecular complexity index is 1000. The Morgan fingerprint density at radius 2 is 1.96 bits per heavy atom. The van der Waals surface area contributed by atoms with Gasteiger partial charge in [-0.25, -0.2) is 4.39 Å². The Kier molecular flexibility index (Phi) is 4.83. The fraction of sp³-hybridized carbons (Fsp3) is 0.238. The first-order chi connectivity index (χ1) is 13.6. The molecule has 1 aliphatic heterocycles. The Morgan fingerprint density at radius 3 is 2.64 bits per heavy atom. The molecular weight excluding hydrogens is 361 g/mol. The first kappa shape index (κ1) is 18.2. The topological polar surface area (TPSA) is 67.5 Å². The molecule has 1 amide bonds. The molecule has 144 valence electrons. The van der Waals surface area contributed by atoms with Crippen molar-refractivity contribution in [2.45, 2.75) is 6.04 Å². The second kappa shape index (κ2) is 7.44. The van der Waals surface area contributed by atoms with E-state index in [2.05, 4.69) is 10.2 Å². The van der Waals surface area contributed by atoms with E-state index in [1.807, 2.05) is 30.3 Å². The number of benzene rings is 2. The van der Waals surface area contributed by atoms with Crippen molar-refractivity contribution in [3.05, 3.63) is 71.2 Å². The van der Waals surface area contributed by atoms with Gasteiger partial charge in [0.1, 0.15) is 17.3 Å². The van der Waals surface area contributed by atoms with Crippen LogP contribution in [0.15, 0.2) is 48.5 Å². The van der Waals surface area contributed by atoms with Crippen molar-refractivity contribution in [2.24, 2.45) is 0 Å². The molecule has 0 spiro atoms. The first-order valence-electron chi connectivity index (χ1n) is 8.92. The van der Waals surface area contributed by atoms with Gasteiger partial charge in [0.05, 0.1) is 25.5 Å². The van der Waals surface area contributed by atoms with E-state index in [-0.39, 0.29) is 11.7 Å². The Morgan fingerprint density at radius 1 is 1.18 bits per heavy atom. The number of hydrogen-bond acceptors (Lipinski definition) is 4. The van der Waals surface area contributed by atoms with Gasteiger partial charge in [0, 0.05) is 24.8 Å². The van der Waals surface area contributed by atoms with Gasteiger partial charge < -0.3 is 14.4 Å². The number of nitrogens with zero attached hydrogens (tertiary/aromatic N) is 2. The lowest BCUT2D eigenvalue weighted by molar-refractivity contribution is 0.0677. The molecule has 3 aromatic rings. The van der Waals surface area contributed by atoms with Crippen LogP contribution in [-0.4, -0.2) is 48.4 Å². The number of aromatic amines is 1.